The van der Waals surface area contributed by atoms with Gasteiger partial charge in [-0.3, -0.25) is 10.3 Å². The standard InChI is InChI=1S/C16H25N3O2/c1-12-10-19(11-16(2,3)21-12)8-9-20-14-6-4-13(5-7-14)15(17)18/h4-7,12H,8-11H2,1-3H3,(H3,17,18). The molecule has 0 bridgehead atoms. The van der Waals surface area contributed by atoms with Gasteiger partial charge in [-0.1, -0.05) is 0 Å². The van der Waals surface area contributed by atoms with Crippen LogP contribution < -0.4 is 10.5 Å². The number of nitrogens with one attached hydrogen (secondary N) is 1. The molecule has 1 aromatic rings. The topological polar surface area (TPSA) is 71.6 Å². The molecule has 0 amide bonds. The van der Waals surface area contributed by atoms with Gasteiger partial charge in [-0.15, -0.1) is 0 Å². The number of benzene rings is 1. The lowest BCUT2D eigenvalue weighted by Crippen LogP contribution is -2.52. The molecule has 3 N–H and O–H groups in total. The Bertz CT molecular complexity index is 485. The minimum absolute atomic E-state index is 0.0751. The number of rotatable bonds is 5. The van der Waals surface area contributed by atoms with Crippen LogP contribution in [-0.2, 0) is 4.74 Å². The van der Waals surface area contributed by atoms with Crippen molar-refractivity contribution >= 4 is 5.84 Å². The maximum absolute atomic E-state index is 7.35. The van der Waals surface area contributed by atoms with Crippen molar-refractivity contribution in [2.24, 2.45) is 5.73 Å². The second kappa shape index (κ2) is 6.45. The van der Waals surface area contributed by atoms with E-state index in [-0.39, 0.29) is 17.5 Å². The average molecular weight is 291 g/mol. The third-order valence-corrected chi connectivity index (χ3v) is 3.48. The van der Waals surface area contributed by atoms with Crippen molar-refractivity contribution in [2.45, 2.75) is 32.5 Å². The number of nitrogens with zero attached hydrogens (tertiary/aromatic N) is 1. The third-order valence-electron chi connectivity index (χ3n) is 3.48. The molecule has 1 unspecified atom stereocenters. The van der Waals surface area contributed by atoms with Crippen LogP contribution in [-0.4, -0.2) is 48.7 Å². The molecular formula is C16H25N3O2. The summed E-state index contributed by atoms with van der Waals surface area (Å²) < 4.78 is 11.6. The summed E-state index contributed by atoms with van der Waals surface area (Å²) in [6.45, 7) is 9.73. The maximum Gasteiger partial charge on any atom is 0.122 e. The molecule has 0 radical (unpaired) electrons. The highest BCUT2D eigenvalue weighted by molar-refractivity contribution is 5.94. The number of hydrogen-bond acceptors (Lipinski definition) is 4. The Morgan fingerprint density at radius 1 is 1.43 bits per heavy atom. The van der Waals surface area contributed by atoms with Gasteiger partial charge in [0.05, 0.1) is 11.7 Å². The van der Waals surface area contributed by atoms with E-state index in [0.29, 0.717) is 12.2 Å². The zero-order chi connectivity index (χ0) is 15.5. The molecular weight excluding hydrogens is 266 g/mol. The number of hydrogen-bond donors (Lipinski definition) is 2. The lowest BCUT2D eigenvalue weighted by atomic mass is 10.1. The molecule has 5 heteroatoms. The Morgan fingerprint density at radius 3 is 2.67 bits per heavy atom. The van der Waals surface area contributed by atoms with Gasteiger partial charge in [0.1, 0.15) is 18.2 Å². The zero-order valence-corrected chi connectivity index (χ0v) is 13.1. The quantitative estimate of drug-likeness (QED) is 0.641. The highest BCUT2D eigenvalue weighted by Gasteiger charge is 2.30. The van der Waals surface area contributed by atoms with E-state index in [4.69, 9.17) is 20.6 Å². The van der Waals surface area contributed by atoms with Gasteiger partial charge < -0.3 is 15.2 Å². The lowest BCUT2D eigenvalue weighted by molar-refractivity contribution is -0.129. The van der Waals surface area contributed by atoms with Crippen LogP contribution in [0.25, 0.3) is 0 Å². The van der Waals surface area contributed by atoms with Crippen LogP contribution >= 0.6 is 0 Å². The van der Waals surface area contributed by atoms with Crippen LogP contribution in [0.4, 0.5) is 0 Å². The molecule has 1 aliphatic heterocycles. The van der Waals surface area contributed by atoms with E-state index in [1.54, 1.807) is 12.1 Å². The van der Waals surface area contributed by atoms with E-state index < -0.39 is 0 Å². The van der Waals surface area contributed by atoms with E-state index in [1.165, 1.54) is 0 Å². The van der Waals surface area contributed by atoms with E-state index >= 15 is 0 Å². The fourth-order valence-electron chi connectivity index (χ4n) is 2.78. The first-order valence-corrected chi connectivity index (χ1v) is 7.33. The molecule has 1 saturated heterocycles. The zero-order valence-electron chi connectivity index (χ0n) is 13.1. The molecule has 1 aromatic carbocycles. The van der Waals surface area contributed by atoms with Crippen LogP contribution in [0.3, 0.4) is 0 Å². The van der Waals surface area contributed by atoms with Crippen molar-refractivity contribution in [1.29, 1.82) is 5.41 Å². The Kier molecular flexibility index (Phi) is 4.85. The molecule has 2 rings (SSSR count). The van der Waals surface area contributed by atoms with Gasteiger partial charge in [0.15, 0.2) is 0 Å². The number of amidine groups is 1. The fourth-order valence-corrected chi connectivity index (χ4v) is 2.78. The van der Waals surface area contributed by atoms with Crippen molar-refractivity contribution in [3.05, 3.63) is 29.8 Å². The van der Waals surface area contributed by atoms with Crippen molar-refractivity contribution in [2.75, 3.05) is 26.2 Å². The molecule has 0 aliphatic carbocycles. The van der Waals surface area contributed by atoms with Gasteiger partial charge in [0.25, 0.3) is 0 Å². The first-order chi connectivity index (χ1) is 9.85. The Labute approximate surface area is 126 Å². The van der Waals surface area contributed by atoms with Crippen LogP contribution in [0.1, 0.15) is 26.3 Å². The van der Waals surface area contributed by atoms with Gasteiger partial charge in [0.2, 0.25) is 0 Å². The van der Waals surface area contributed by atoms with E-state index in [9.17, 15) is 0 Å². The Balaban J connectivity index is 1.80. The highest BCUT2D eigenvalue weighted by Crippen LogP contribution is 2.20. The summed E-state index contributed by atoms with van der Waals surface area (Å²) in [4.78, 5) is 2.37. The highest BCUT2D eigenvalue weighted by atomic mass is 16.5. The smallest absolute Gasteiger partial charge is 0.122 e. The third kappa shape index (κ3) is 4.72. The minimum atomic E-state index is -0.0964. The molecule has 0 aromatic heterocycles. The van der Waals surface area contributed by atoms with Gasteiger partial charge in [-0.2, -0.15) is 0 Å². The lowest BCUT2D eigenvalue weighted by Gasteiger charge is -2.41. The number of nitrogen functional groups attached to an aromatic ring is 1. The molecule has 21 heavy (non-hydrogen) atoms. The molecule has 1 atom stereocenters. The van der Waals surface area contributed by atoms with Crippen molar-refractivity contribution < 1.29 is 9.47 Å². The van der Waals surface area contributed by atoms with E-state index in [2.05, 4.69) is 25.7 Å². The predicted octanol–water partition coefficient (Wildman–Crippen LogP) is 1.85. The summed E-state index contributed by atoms with van der Waals surface area (Å²) in [5.74, 6) is 0.881. The van der Waals surface area contributed by atoms with Gasteiger partial charge in [-0.25, -0.2) is 0 Å². The molecule has 5 nitrogen and oxygen atoms in total. The van der Waals surface area contributed by atoms with Gasteiger partial charge in [0, 0.05) is 25.2 Å². The summed E-state index contributed by atoms with van der Waals surface area (Å²) in [5.41, 5.74) is 6.04. The molecule has 1 aliphatic rings. The Morgan fingerprint density at radius 2 is 2.10 bits per heavy atom. The largest absolute Gasteiger partial charge is 0.492 e. The average Bonchev–Trinajstić information content (AvgIpc) is 2.37. The van der Waals surface area contributed by atoms with Crippen LogP contribution in [0.2, 0.25) is 0 Å². The monoisotopic (exact) mass is 291 g/mol. The van der Waals surface area contributed by atoms with Gasteiger partial charge >= 0.3 is 0 Å². The number of nitrogens with two attached hydrogens (primary N) is 1. The molecule has 0 spiro atoms. The number of morpholine rings is 1. The molecule has 1 fully saturated rings. The second-order valence-electron chi connectivity index (χ2n) is 6.21. The first kappa shape index (κ1) is 15.8. The minimum Gasteiger partial charge on any atom is -0.492 e. The molecule has 1 heterocycles. The summed E-state index contributed by atoms with van der Waals surface area (Å²) in [7, 11) is 0. The van der Waals surface area contributed by atoms with Crippen molar-refractivity contribution in [1.82, 2.24) is 4.90 Å². The van der Waals surface area contributed by atoms with E-state index in [0.717, 1.165) is 25.4 Å². The molecule has 0 saturated carbocycles. The maximum atomic E-state index is 7.35. The molecule has 116 valence electrons. The van der Waals surface area contributed by atoms with Crippen molar-refractivity contribution in [3.63, 3.8) is 0 Å². The predicted molar refractivity (Wildman–Crippen MR) is 84.0 cm³/mol. The summed E-state index contributed by atoms with van der Waals surface area (Å²) in [6, 6.07) is 7.31. The van der Waals surface area contributed by atoms with Crippen LogP contribution in [0.15, 0.2) is 24.3 Å². The van der Waals surface area contributed by atoms with E-state index in [1.807, 2.05) is 12.1 Å². The van der Waals surface area contributed by atoms with Crippen molar-refractivity contribution in [3.8, 4) is 5.75 Å². The fraction of sp³-hybridized carbons (Fsp3) is 0.562. The van der Waals surface area contributed by atoms with Crippen LogP contribution in [0, 0.1) is 5.41 Å². The summed E-state index contributed by atoms with van der Waals surface area (Å²) in [6.07, 6.45) is 0.253. The Hall–Kier alpha value is -1.59. The second-order valence-corrected chi connectivity index (χ2v) is 6.21. The van der Waals surface area contributed by atoms with Gasteiger partial charge in [-0.05, 0) is 45.0 Å². The summed E-state index contributed by atoms with van der Waals surface area (Å²) in [5, 5.41) is 7.35. The van der Waals surface area contributed by atoms with Crippen LogP contribution in [0.5, 0.6) is 5.75 Å². The summed E-state index contributed by atoms with van der Waals surface area (Å²) >= 11 is 0. The normalized spacial score (nSPS) is 22.0. The SMILES string of the molecule is CC1CN(CCOc2ccc(C(=N)N)cc2)CC(C)(C)O1. The number of ether oxygens (including phenoxy) is 2. The first-order valence-electron chi connectivity index (χ1n) is 7.33.